The zero-order chi connectivity index (χ0) is 22.5. The number of carbonyl (C=O) groups is 1. The van der Waals surface area contributed by atoms with Gasteiger partial charge in [-0.3, -0.25) is 9.36 Å². The predicted octanol–water partition coefficient (Wildman–Crippen LogP) is 5.62. The first kappa shape index (κ1) is 22.1. The molecule has 32 heavy (non-hydrogen) atoms. The van der Waals surface area contributed by atoms with Crippen molar-refractivity contribution in [1.82, 2.24) is 14.9 Å². The van der Waals surface area contributed by atoms with Gasteiger partial charge in [0.2, 0.25) is 0 Å². The fourth-order valence-corrected chi connectivity index (χ4v) is 4.95. The van der Waals surface area contributed by atoms with Gasteiger partial charge in [-0.05, 0) is 49.4 Å². The lowest BCUT2D eigenvalue weighted by Gasteiger charge is -2.21. The van der Waals surface area contributed by atoms with Crippen LogP contribution in [0.4, 0.5) is 4.79 Å². The molecule has 6 heteroatoms. The lowest BCUT2D eigenvalue weighted by molar-refractivity contribution is 0.190. The standard InChI is InChI=1S/C26H31N3O3/c1-18(27-26(31)32)24-28-22-17-9-14-20(13-8-12-19-10-4-2-5-11-19)23(22)25(30)29(24)21-15-6-3-7-16-21/h3,6-7,9,14-19,27H,2,4-5,8,10-13H2,1H3,(H,31,32). The molecule has 2 aromatic carbocycles. The highest BCUT2D eigenvalue weighted by atomic mass is 16.4. The number of rotatable bonds is 7. The molecule has 6 nitrogen and oxygen atoms in total. The van der Waals surface area contributed by atoms with Gasteiger partial charge < -0.3 is 10.4 Å². The third kappa shape index (κ3) is 4.85. The molecule has 2 N–H and O–H groups in total. The highest BCUT2D eigenvalue weighted by Gasteiger charge is 2.21. The number of para-hydroxylation sites is 1. The Kier molecular flexibility index (Phi) is 6.88. The molecule has 1 heterocycles. The second-order valence-electron chi connectivity index (χ2n) is 8.82. The minimum absolute atomic E-state index is 0.150. The second-order valence-corrected chi connectivity index (χ2v) is 8.82. The zero-order valence-corrected chi connectivity index (χ0v) is 18.6. The fraction of sp³-hybridized carbons (Fsp3) is 0.423. The van der Waals surface area contributed by atoms with Crippen LogP contribution in [0.5, 0.6) is 0 Å². The number of nitrogens with one attached hydrogen (secondary N) is 1. The summed E-state index contributed by atoms with van der Waals surface area (Å²) in [5, 5.41) is 12.3. The van der Waals surface area contributed by atoms with Crippen LogP contribution in [0, 0.1) is 5.92 Å². The first-order chi connectivity index (χ1) is 15.5. The Bertz CT molecular complexity index is 1130. The van der Waals surface area contributed by atoms with Crippen molar-refractivity contribution in [2.75, 3.05) is 0 Å². The van der Waals surface area contributed by atoms with Crippen molar-refractivity contribution in [3.63, 3.8) is 0 Å². The number of carboxylic acid groups (broad SMARTS) is 1. The van der Waals surface area contributed by atoms with Crippen LogP contribution >= 0.6 is 0 Å². The van der Waals surface area contributed by atoms with Gasteiger partial charge >= 0.3 is 6.09 Å². The molecule has 1 saturated carbocycles. The third-order valence-corrected chi connectivity index (χ3v) is 6.53. The minimum Gasteiger partial charge on any atom is -0.465 e. The lowest BCUT2D eigenvalue weighted by Crippen LogP contribution is -2.32. The van der Waals surface area contributed by atoms with Crippen molar-refractivity contribution < 1.29 is 9.90 Å². The normalized spacial score (nSPS) is 15.5. The van der Waals surface area contributed by atoms with E-state index >= 15 is 0 Å². The highest BCUT2D eigenvalue weighted by molar-refractivity contribution is 5.82. The summed E-state index contributed by atoms with van der Waals surface area (Å²) in [6, 6.07) is 14.5. The highest BCUT2D eigenvalue weighted by Crippen LogP contribution is 2.28. The number of amides is 1. The summed E-state index contributed by atoms with van der Waals surface area (Å²) >= 11 is 0. The van der Waals surface area contributed by atoms with Crippen molar-refractivity contribution >= 4 is 17.0 Å². The predicted molar refractivity (Wildman–Crippen MR) is 126 cm³/mol. The molecule has 0 radical (unpaired) electrons. The molecular weight excluding hydrogens is 402 g/mol. The molecule has 0 spiro atoms. The van der Waals surface area contributed by atoms with Crippen LogP contribution in [-0.4, -0.2) is 20.8 Å². The summed E-state index contributed by atoms with van der Waals surface area (Å²) in [6.45, 7) is 1.70. The lowest BCUT2D eigenvalue weighted by atomic mass is 9.85. The van der Waals surface area contributed by atoms with Gasteiger partial charge in [-0.15, -0.1) is 0 Å². The van der Waals surface area contributed by atoms with Crippen LogP contribution in [0.3, 0.4) is 0 Å². The Morgan fingerprint density at radius 1 is 1.12 bits per heavy atom. The number of aromatic nitrogens is 2. The fourth-order valence-electron chi connectivity index (χ4n) is 4.95. The topological polar surface area (TPSA) is 84.2 Å². The van der Waals surface area contributed by atoms with Gasteiger partial charge in [0.15, 0.2) is 0 Å². The number of nitrogens with zero attached hydrogens (tertiary/aromatic N) is 2. The maximum absolute atomic E-state index is 13.8. The summed E-state index contributed by atoms with van der Waals surface area (Å²) < 4.78 is 1.55. The smallest absolute Gasteiger partial charge is 0.405 e. The Morgan fingerprint density at radius 3 is 2.59 bits per heavy atom. The Labute approximate surface area is 188 Å². The first-order valence-corrected chi connectivity index (χ1v) is 11.6. The molecule has 0 aliphatic heterocycles. The molecule has 1 aliphatic rings. The van der Waals surface area contributed by atoms with E-state index in [-0.39, 0.29) is 5.56 Å². The molecular formula is C26H31N3O3. The summed E-state index contributed by atoms with van der Waals surface area (Å²) in [5.41, 5.74) is 2.17. The third-order valence-electron chi connectivity index (χ3n) is 6.53. The quantitative estimate of drug-likeness (QED) is 0.507. The summed E-state index contributed by atoms with van der Waals surface area (Å²) in [7, 11) is 0. The molecule has 0 bridgehead atoms. The van der Waals surface area contributed by atoms with Gasteiger partial charge in [-0.1, -0.05) is 68.9 Å². The first-order valence-electron chi connectivity index (χ1n) is 11.6. The van der Waals surface area contributed by atoms with Crippen LogP contribution in [0.2, 0.25) is 0 Å². The molecule has 1 unspecified atom stereocenters. The van der Waals surface area contributed by atoms with Crippen LogP contribution in [0.15, 0.2) is 53.3 Å². The average Bonchev–Trinajstić information content (AvgIpc) is 2.79. The van der Waals surface area contributed by atoms with Crippen LogP contribution < -0.4 is 10.9 Å². The van der Waals surface area contributed by atoms with E-state index in [0.717, 1.165) is 24.3 Å². The number of hydrogen-bond acceptors (Lipinski definition) is 3. The van der Waals surface area contributed by atoms with E-state index in [9.17, 15) is 14.7 Å². The monoisotopic (exact) mass is 433 g/mol. The zero-order valence-electron chi connectivity index (χ0n) is 18.6. The summed E-state index contributed by atoms with van der Waals surface area (Å²) in [5.74, 6) is 1.20. The van der Waals surface area contributed by atoms with Crippen LogP contribution in [-0.2, 0) is 6.42 Å². The number of aryl methyl sites for hydroxylation is 1. The number of benzene rings is 2. The maximum atomic E-state index is 13.8. The molecule has 0 saturated heterocycles. The van der Waals surface area contributed by atoms with Crippen molar-refractivity contribution in [3.05, 3.63) is 70.3 Å². The van der Waals surface area contributed by atoms with Gasteiger partial charge in [0.05, 0.1) is 22.6 Å². The summed E-state index contributed by atoms with van der Waals surface area (Å²) in [4.78, 5) is 29.8. The van der Waals surface area contributed by atoms with E-state index in [4.69, 9.17) is 4.98 Å². The van der Waals surface area contributed by atoms with Crippen molar-refractivity contribution in [3.8, 4) is 5.69 Å². The van der Waals surface area contributed by atoms with Gasteiger partial charge in [0.25, 0.3) is 5.56 Å². The molecule has 168 valence electrons. The van der Waals surface area contributed by atoms with E-state index in [1.807, 2.05) is 48.5 Å². The van der Waals surface area contributed by atoms with E-state index in [1.165, 1.54) is 38.5 Å². The van der Waals surface area contributed by atoms with Gasteiger partial charge in [0.1, 0.15) is 5.82 Å². The van der Waals surface area contributed by atoms with Gasteiger partial charge in [-0.2, -0.15) is 0 Å². The SMILES string of the molecule is CC(NC(=O)O)c1nc2cccc(CCCC3CCCCC3)c2c(=O)n1-c1ccccc1. The Balaban J connectivity index is 1.74. The number of fused-ring (bicyclic) bond motifs is 1. The Morgan fingerprint density at radius 2 is 1.88 bits per heavy atom. The largest absolute Gasteiger partial charge is 0.465 e. The molecule has 3 aromatic rings. The molecule has 1 atom stereocenters. The molecule has 1 amide bonds. The van der Waals surface area contributed by atoms with Crippen molar-refractivity contribution in [2.45, 2.75) is 64.3 Å². The summed E-state index contributed by atoms with van der Waals surface area (Å²) in [6.07, 6.45) is 8.67. The van der Waals surface area contributed by atoms with E-state index in [2.05, 4.69) is 5.32 Å². The van der Waals surface area contributed by atoms with E-state index in [0.29, 0.717) is 22.4 Å². The van der Waals surface area contributed by atoms with Crippen molar-refractivity contribution in [2.24, 2.45) is 5.92 Å². The second kappa shape index (κ2) is 9.98. The average molecular weight is 434 g/mol. The molecule has 4 rings (SSSR count). The van der Waals surface area contributed by atoms with E-state index < -0.39 is 12.1 Å². The van der Waals surface area contributed by atoms with Gasteiger partial charge in [-0.25, -0.2) is 9.78 Å². The van der Waals surface area contributed by atoms with Crippen LogP contribution in [0.1, 0.15) is 69.3 Å². The Hall–Kier alpha value is -3.15. The minimum atomic E-state index is -1.15. The molecule has 1 aliphatic carbocycles. The molecule has 1 fully saturated rings. The van der Waals surface area contributed by atoms with E-state index in [1.54, 1.807) is 11.5 Å². The van der Waals surface area contributed by atoms with Gasteiger partial charge in [0, 0.05) is 0 Å². The molecule has 1 aromatic heterocycles. The maximum Gasteiger partial charge on any atom is 0.405 e. The van der Waals surface area contributed by atoms with Crippen molar-refractivity contribution in [1.29, 1.82) is 0 Å². The number of hydrogen-bond donors (Lipinski definition) is 2. The van der Waals surface area contributed by atoms with Crippen LogP contribution in [0.25, 0.3) is 16.6 Å².